The van der Waals surface area contributed by atoms with Crippen LogP contribution < -0.4 is 0 Å². The van der Waals surface area contributed by atoms with Gasteiger partial charge in [0.2, 0.25) is 0 Å². The molecule has 2 aromatic rings. The quantitative estimate of drug-likeness (QED) is 0.768. The highest BCUT2D eigenvalue weighted by Gasteiger charge is 2.28. The summed E-state index contributed by atoms with van der Waals surface area (Å²) in [6, 6.07) is 10.1. The number of carbonyl (C=O) groups is 1. The Kier molecular flexibility index (Phi) is 3.39. The number of ketones is 1. The minimum Gasteiger partial charge on any atom is -0.293 e. The molecule has 0 fully saturated rings. The minimum atomic E-state index is -0.0684. The van der Waals surface area contributed by atoms with Crippen LogP contribution in [0.3, 0.4) is 0 Å². The van der Waals surface area contributed by atoms with Gasteiger partial charge in [0.05, 0.1) is 11.6 Å². The van der Waals surface area contributed by atoms with Crippen molar-refractivity contribution in [1.82, 2.24) is 4.98 Å². The Balaban J connectivity index is 1.99. The number of pyridine rings is 1. The normalized spacial score (nSPS) is 17.6. The predicted octanol–water partition coefficient (Wildman–Crippen LogP) is 4.00. The molecule has 0 N–H and O–H groups in total. The van der Waals surface area contributed by atoms with Crippen molar-refractivity contribution in [2.45, 2.75) is 39.0 Å². The van der Waals surface area contributed by atoms with Crippen molar-refractivity contribution in [1.29, 1.82) is 0 Å². The predicted molar refractivity (Wildman–Crippen MR) is 80.2 cm³/mol. The second-order valence-corrected chi connectivity index (χ2v) is 5.73. The number of Topliss-reactive ketones (excluding diaryl/α,β-unsaturated/α-hetero) is 1. The first kappa shape index (κ1) is 13.0. The maximum absolute atomic E-state index is 12.8. The Morgan fingerprint density at radius 2 is 1.95 bits per heavy atom. The number of aromatic nitrogens is 1. The molecule has 3 rings (SSSR count). The van der Waals surface area contributed by atoms with E-state index in [1.54, 1.807) is 6.20 Å². The lowest BCUT2D eigenvalue weighted by Gasteiger charge is -2.23. The molecule has 102 valence electrons. The van der Waals surface area contributed by atoms with E-state index in [0.29, 0.717) is 0 Å². The Labute approximate surface area is 119 Å². The lowest BCUT2D eigenvalue weighted by atomic mass is 9.81. The maximum atomic E-state index is 12.8. The first-order valence-electron chi connectivity index (χ1n) is 7.21. The Bertz CT molecular complexity index is 640. The fraction of sp³-hybridized carbons (Fsp3) is 0.333. The molecule has 20 heavy (non-hydrogen) atoms. The van der Waals surface area contributed by atoms with E-state index in [1.807, 2.05) is 32.0 Å². The van der Waals surface area contributed by atoms with Gasteiger partial charge in [0, 0.05) is 11.8 Å². The molecule has 1 aromatic carbocycles. The fourth-order valence-electron chi connectivity index (χ4n) is 3.18. The Morgan fingerprint density at radius 3 is 2.70 bits per heavy atom. The van der Waals surface area contributed by atoms with E-state index in [0.717, 1.165) is 41.6 Å². The third-order valence-corrected chi connectivity index (χ3v) is 4.02. The number of hydrogen-bond acceptors (Lipinski definition) is 2. The summed E-state index contributed by atoms with van der Waals surface area (Å²) in [6.45, 7) is 4.08. The van der Waals surface area contributed by atoms with Gasteiger partial charge < -0.3 is 0 Å². The van der Waals surface area contributed by atoms with Crippen LogP contribution in [-0.4, -0.2) is 10.8 Å². The topological polar surface area (TPSA) is 30.0 Å². The second kappa shape index (κ2) is 5.20. The summed E-state index contributed by atoms with van der Waals surface area (Å²) in [5.74, 6) is 0.151. The number of hydrogen-bond donors (Lipinski definition) is 0. The highest BCUT2D eigenvalue weighted by molar-refractivity contribution is 6.01. The van der Waals surface area contributed by atoms with Crippen LogP contribution in [0.25, 0.3) is 0 Å². The van der Waals surface area contributed by atoms with Crippen LogP contribution in [-0.2, 0) is 6.42 Å². The number of rotatable bonds is 2. The van der Waals surface area contributed by atoms with E-state index in [1.165, 1.54) is 5.56 Å². The van der Waals surface area contributed by atoms with E-state index in [9.17, 15) is 4.79 Å². The van der Waals surface area contributed by atoms with Gasteiger partial charge in [-0.25, -0.2) is 0 Å². The van der Waals surface area contributed by atoms with Crippen molar-refractivity contribution in [3.63, 3.8) is 0 Å². The van der Waals surface area contributed by atoms with E-state index in [-0.39, 0.29) is 11.7 Å². The largest absolute Gasteiger partial charge is 0.293 e. The van der Waals surface area contributed by atoms with E-state index in [4.69, 9.17) is 0 Å². The highest BCUT2D eigenvalue weighted by Crippen LogP contribution is 2.32. The molecule has 0 spiro atoms. The van der Waals surface area contributed by atoms with Gasteiger partial charge in [0.25, 0.3) is 0 Å². The zero-order chi connectivity index (χ0) is 14.1. The molecule has 1 atom stereocenters. The van der Waals surface area contributed by atoms with Crippen molar-refractivity contribution >= 4 is 5.78 Å². The molecule has 1 aliphatic carbocycles. The van der Waals surface area contributed by atoms with Crippen LogP contribution >= 0.6 is 0 Å². The molecule has 1 unspecified atom stereocenters. The molecule has 2 heteroatoms. The Hall–Kier alpha value is -1.96. The second-order valence-electron chi connectivity index (χ2n) is 5.73. The molecule has 0 radical (unpaired) electrons. The van der Waals surface area contributed by atoms with Crippen molar-refractivity contribution in [2.24, 2.45) is 0 Å². The summed E-state index contributed by atoms with van der Waals surface area (Å²) in [5.41, 5.74) is 5.34. The first-order chi connectivity index (χ1) is 9.65. The fourth-order valence-corrected chi connectivity index (χ4v) is 3.18. The number of nitrogens with zero attached hydrogens (tertiary/aromatic N) is 1. The molecular formula is C18H19NO. The lowest BCUT2D eigenvalue weighted by Crippen LogP contribution is -2.20. The number of benzene rings is 1. The smallest absolute Gasteiger partial charge is 0.171 e. The zero-order valence-corrected chi connectivity index (χ0v) is 12.0. The number of aryl methyl sites for hydroxylation is 3. The van der Waals surface area contributed by atoms with E-state index >= 15 is 0 Å². The van der Waals surface area contributed by atoms with Gasteiger partial charge in [-0.3, -0.25) is 9.78 Å². The number of fused-ring (bicyclic) bond motifs is 1. The third-order valence-electron chi connectivity index (χ3n) is 4.02. The van der Waals surface area contributed by atoms with Gasteiger partial charge in [0.15, 0.2) is 5.78 Å². The monoisotopic (exact) mass is 265 g/mol. The standard InChI is InChI=1S/C18H19NO/c1-12-9-13(2)11-15(10-12)18(20)16-7-3-5-14-6-4-8-19-17(14)16/h4,6,8-11,16H,3,5,7H2,1-2H3. The van der Waals surface area contributed by atoms with Crippen molar-refractivity contribution in [3.05, 3.63) is 64.5 Å². The van der Waals surface area contributed by atoms with Crippen molar-refractivity contribution < 1.29 is 4.79 Å². The summed E-state index contributed by atoms with van der Waals surface area (Å²) in [6.07, 6.45) is 4.82. The van der Waals surface area contributed by atoms with Crippen LogP contribution in [0.4, 0.5) is 0 Å². The van der Waals surface area contributed by atoms with Gasteiger partial charge in [-0.2, -0.15) is 0 Å². The van der Waals surface area contributed by atoms with Crippen LogP contribution in [0.1, 0.15) is 51.5 Å². The minimum absolute atomic E-state index is 0.0684. The molecular weight excluding hydrogens is 246 g/mol. The molecule has 0 aliphatic heterocycles. The maximum Gasteiger partial charge on any atom is 0.171 e. The summed E-state index contributed by atoms with van der Waals surface area (Å²) in [5, 5.41) is 0. The molecule has 0 bridgehead atoms. The zero-order valence-electron chi connectivity index (χ0n) is 12.0. The third kappa shape index (κ3) is 2.38. The summed E-state index contributed by atoms with van der Waals surface area (Å²) < 4.78 is 0. The average Bonchev–Trinajstić information content (AvgIpc) is 2.45. The lowest BCUT2D eigenvalue weighted by molar-refractivity contribution is 0.0948. The highest BCUT2D eigenvalue weighted by atomic mass is 16.1. The molecule has 0 saturated carbocycles. The van der Waals surface area contributed by atoms with Gasteiger partial charge in [0.1, 0.15) is 0 Å². The molecule has 2 nitrogen and oxygen atoms in total. The van der Waals surface area contributed by atoms with Gasteiger partial charge in [-0.05, 0) is 56.9 Å². The van der Waals surface area contributed by atoms with Gasteiger partial charge >= 0.3 is 0 Å². The Morgan fingerprint density at radius 1 is 1.20 bits per heavy atom. The van der Waals surface area contributed by atoms with Crippen molar-refractivity contribution in [2.75, 3.05) is 0 Å². The SMILES string of the molecule is Cc1cc(C)cc(C(=O)C2CCCc3cccnc32)c1. The summed E-state index contributed by atoms with van der Waals surface area (Å²) in [4.78, 5) is 17.3. The molecule has 1 aromatic heterocycles. The molecule has 1 aliphatic rings. The van der Waals surface area contributed by atoms with E-state index in [2.05, 4.69) is 17.1 Å². The van der Waals surface area contributed by atoms with Crippen molar-refractivity contribution in [3.8, 4) is 0 Å². The van der Waals surface area contributed by atoms with Crippen LogP contribution in [0.15, 0.2) is 36.5 Å². The van der Waals surface area contributed by atoms with Gasteiger partial charge in [-0.1, -0.05) is 23.3 Å². The summed E-state index contributed by atoms with van der Waals surface area (Å²) >= 11 is 0. The van der Waals surface area contributed by atoms with Gasteiger partial charge in [-0.15, -0.1) is 0 Å². The summed E-state index contributed by atoms with van der Waals surface area (Å²) in [7, 11) is 0. The molecule has 0 saturated heterocycles. The van der Waals surface area contributed by atoms with Crippen LogP contribution in [0.2, 0.25) is 0 Å². The molecule has 1 heterocycles. The first-order valence-corrected chi connectivity index (χ1v) is 7.21. The molecule has 0 amide bonds. The van der Waals surface area contributed by atoms with Crippen LogP contribution in [0, 0.1) is 13.8 Å². The average molecular weight is 265 g/mol. The number of carbonyl (C=O) groups excluding carboxylic acids is 1. The van der Waals surface area contributed by atoms with Crippen LogP contribution in [0.5, 0.6) is 0 Å². The van der Waals surface area contributed by atoms with E-state index < -0.39 is 0 Å².